The fourth-order valence-corrected chi connectivity index (χ4v) is 6.98. The van der Waals surface area contributed by atoms with Crippen molar-refractivity contribution in [3.05, 3.63) is 107 Å². The molecule has 1 N–H and O–H groups in total. The highest BCUT2D eigenvalue weighted by Gasteiger charge is 2.42. The van der Waals surface area contributed by atoms with Gasteiger partial charge < -0.3 is 19.7 Å². The van der Waals surface area contributed by atoms with Gasteiger partial charge in [-0.2, -0.15) is 0 Å². The molecule has 0 radical (unpaired) electrons. The number of rotatable bonds is 5. The summed E-state index contributed by atoms with van der Waals surface area (Å²) in [6.07, 6.45) is 5.22. The van der Waals surface area contributed by atoms with Gasteiger partial charge in [-0.05, 0) is 97.6 Å². The number of nitrogens with one attached hydrogen (secondary N) is 1. The summed E-state index contributed by atoms with van der Waals surface area (Å²) < 4.78 is 2.25. The highest BCUT2D eigenvalue weighted by atomic mass is 35.5. The Balaban J connectivity index is 1.43. The number of thiocarbonyl (C=S) groups is 1. The van der Waals surface area contributed by atoms with Crippen LogP contribution in [-0.4, -0.2) is 27.8 Å². The Bertz CT molecular complexity index is 1470. The van der Waals surface area contributed by atoms with E-state index < -0.39 is 0 Å². The molecule has 200 valence electrons. The minimum atomic E-state index is -0.126. The number of nitrogens with zero attached hydrogens (tertiary/aromatic N) is 4. The molecular formula is C32H34ClN5S. The molecule has 4 atom stereocenters. The third kappa shape index (κ3) is 5.04. The van der Waals surface area contributed by atoms with Crippen LogP contribution in [0.4, 0.5) is 11.4 Å². The number of piperidine rings is 1. The van der Waals surface area contributed by atoms with Gasteiger partial charge in [-0.25, -0.2) is 0 Å². The summed E-state index contributed by atoms with van der Waals surface area (Å²) in [6, 6.07) is 25.0. The minimum absolute atomic E-state index is 0.125. The molecule has 6 rings (SSSR count). The number of anilines is 2. The van der Waals surface area contributed by atoms with Crippen LogP contribution in [0.25, 0.3) is 5.69 Å². The molecule has 2 saturated heterocycles. The normalized spacial score (nSPS) is 23.2. The van der Waals surface area contributed by atoms with E-state index in [1.165, 1.54) is 12.0 Å². The van der Waals surface area contributed by atoms with Gasteiger partial charge in [0.25, 0.3) is 0 Å². The van der Waals surface area contributed by atoms with E-state index >= 15 is 0 Å². The SMILES string of the molecule is Cc1cccc(-n2cccc2[C@@H]2[C@@H](c3ccccn3)NC(=S)N2c2ccc(N3C[C@H](C)C[C@H](C)C3)c(Cl)c2)c1. The average Bonchev–Trinajstić information content (AvgIpc) is 3.53. The van der Waals surface area contributed by atoms with Gasteiger partial charge in [-0.1, -0.05) is 43.6 Å². The van der Waals surface area contributed by atoms with Gasteiger partial charge in [0.1, 0.15) is 6.04 Å². The van der Waals surface area contributed by atoms with E-state index in [9.17, 15) is 0 Å². The fourth-order valence-electron chi connectivity index (χ4n) is 6.34. The van der Waals surface area contributed by atoms with Crippen LogP contribution in [-0.2, 0) is 0 Å². The predicted molar refractivity (Wildman–Crippen MR) is 165 cm³/mol. The van der Waals surface area contributed by atoms with Crippen molar-refractivity contribution in [1.82, 2.24) is 14.9 Å². The Morgan fingerprint density at radius 2 is 1.74 bits per heavy atom. The molecule has 2 aliphatic rings. The topological polar surface area (TPSA) is 36.3 Å². The van der Waals surface area contributed by atoms with E-state index in [4.69, 9.17) is 28.8 Å². The van der Waals surface area contributed by atoms with Crippen molar-refractivity contribution in [3.8, 4) is 5.69 Å². The maximum Gasteiger partial charge on any atom is 0.174 e. The number of pyridine rings is 1. The molecule has 39 heavy (non-hydrogen) atoms. The van der Waals surface area contributed by atoms with Crippen LogP contribution >= 0.6 is 23.8 Å². The van der Waals surface area contributed by atoms with Crippen LogP contribution in [0.3, 0.4) is 0 Å². The standard InChI is InChI=1S/C32H34ClN5S/c1-21-8-6-9-24(17-21)37-15-7-11-29(37)31-30(27-10-4-5-14-34-27)35-32(39)38(31)25-12-13-28(26(33)18-25)36-19-22(2)16-23(3)20-36/h4-15,17-18,22-23,30-31H,16,19-20H2,1-3H3,(H,35,39)/t22-,23+,30-,31-/m1/s1. The molecule has 2 aromatic carbocycles. The average molecular weight is 556 g/mol. The lowest BCUT2D eigenvalue weighted by molar-refractivity contribution is 0.357. The Kier molecular flexibility index (Phi) is 7.08. The zero-order chi connectivity index (χ0) is 27.1. The maximum atomic E-state index is 7.01. The lowest BCUT2D eigenvalue weighted by atomic mass is 9.91. The molecule has 2 aromatic heterocycles. The van der Waals surface area contributed by atoms with Crippen LogP contribution in [0.15, 0.2) is 85.2 Å². The molecule has 7 heteroatoms. The van der Waals surface area contributed by atoms with E-state index in [1.807, 2.05) is 18.3 Å². The van der Waals surface area contributed by atoms with Gasteiger partial charge in [0.2, 0.25) is 0 Å². The van der Waals surface area contributed by atoms with Gasteiger partial charge in [-0.3, -0.25) is 4.98 Å². The third-order valence-corrected chi connectivity index (χ3v) is 8.50. The van der Waals surface area contributed by atoms with Crippen LogP contribution < -0.4 is 15.1 Å². The maximum absolute atomic E-state index is 7.01. The molecule has 0 aliphatic carbocycles. The number of aryl methyl sites for hydroxylation is 1. The van der Waals surface area contributed by atoms with Gasteiger partial charge in [0.05, 0.1) is 22.4 Å². The van der Waals surface area contributed by atoms with E-state index in [1.54, 1.807) is 0 Å². The van der Waals surface area contributed by atoms with E-state index in [-0.39, 0.29) is 12.1 Å². The summed E-state index contributed by atoms with van der Waals surface area (Å²) in [5, 5.41) is 5.00. The number of halogens is 1. The van der Waals surface area contributed by atoms with E-state index in [2.05, 4.69) is 107 Å². The number of hydrogen-bond acceptors (Lipinski definition) is 3. The first-order valence-electron chi connectivity index (χ1n) is 13.7. The quantitative estimate of drug-likeness (QED) is 0.258. The molecule has 5 nitrogen and oxygen atoms in total. The monoisotopic (exact) mass is 555 g/mol. The van der Waals surface area contributed by atoms with Crippen molar-refractivity contribution >= 4 is 40.3 Å². The van der Waals surface area contributed by atoms with Crippen molar-refractivity contribution in [2.45, 2.75) is 39.3 Å². The number of aromatic nitrogens is 2. The van der Waals surface area contributed by atoms with E-state index in [0.717, 1.165) is 46.6 Å². The second-order valence-electron chi connectivity index (χ2n) is 11.1. The predicted octanol–water partition coefficient (Wildman–Crippen LogP) is 7.49. The van der Waals surface area contributed by atoms with Crippen LogP contribution in [0.5, 0.6) is 0 Å². The van der Waals surface area contributed by atoms with Crippen LogP contribution in [0, 0.1) is 18.8 Å². The van der Waals surface area contributed by atoms with Crippen LogP contribution in [0.2, 0.25) is 5.02 Å². The first-order valence-corrected chi connectivity index (χ1v) is 14.5. The van der Waals surface area contributed by atoms with Gasteiger partial charge >= 0.3 is 0 Å². The van der Waals surface area contributed by atoms with Gasteiger partial charge in [0.15, 0.2) is 5.11 Å². The Morgan fingerprint density at radius 3 is 2.46 bits per heavy atom. The molecular weight excluding hydrogens is 522 g/mol. The lowest BCUT2D eigenvalue weighted by Crippen LogP contribution is -2.38. The molecule has 0 saturated carbocycles. The molecule has 4 aromatic rings. The zero-order valence-electron chi connectivity index (χ0n) is 22.6. The van der Waals surface area contributed by atoms with Crippen molar-refractivity contribution in [3.63, 3.8) is 0 Å². The number of benzene rings is 2. The van der Waals surface area contributed by atoms with Crippen LogP contribution in [0.1, 0.15) is 49.3 Å². The summed E-state index contributed by atoms with van der Waals surface area (Å²) in [5.74, 6) is 1.30. The molecule has 0 spiro atoms. The first kappa shape index (κ1) is 25.9. The lowest BCUT2D eigenvalue weighted by Gasteiger charge is -2.37. The molecule has 4 heterocycles. The first-order chi connectivity index (χ1) is 18.9. The summed E-state index contributed by atoms with van der Waals surface area (Å²) in [5.41, 5.74) is 6.48. The van der Waals surface area contributed by atoms with E-state index in [0.29, 0.717) is 16.9 Å². The Hall–Kier alpha value is -3.35. The smallest absolute Gasteiger partial charge is 0.174 e. The highest BCUT2D eigenvalue weighted by molar-refractivity contribution is 7.80. The summed E-state index contributed by atoms with van der Waals surface area (Å²) >= 11 is 13.0. The van der Waals surface area contributed by atoms with Crippen molar-refractivity contribution in [1.29, 1.82) is 0 Å². The molecule has 0 unspecified atom stereocenters. The van der Waals surface area contributed by atoms with Crippen molar-refractivity contribution in [2.75, 3.05) is 22.9 Å². The zero-order valence-corrected chi connectivity index (χ0v) is 24.2. The Labute approximate surface area is 241 Å². The van der Waals surface area contributed by atoms with Crippen molar-refractivity contribution < 1.29 is 0 Å². The van der Waals surface area contributed by atoms with Gasteiger partial charge in [0, 0.05) is 42.6 Å². The Morgan fingerprint density at radius 1 is 0.923 bits per heavy atom. The molecule has 2 aliphatic heterocycles. The third-order valence-electron chi connectivity index (χ3n) is 7.88. The second-order valence-corrected chi connectivity index (χ2v) is 11.9. The second kappa shape index (κ2) is 10.7. The molecule has 2 fully saturated rings. The van der Waals surface area contributed by atoms with Crippen molar-refractivity contribution in [2.24, 2.45) is 11.8 Å². The summed E-state index contributed by atoms with van der Waals surface area (Å²) in [4.78, 5) is 9.35. The van der Waals surface area contributed by atoms with Gasteiger partial charge in [-0.15, -0.1) is 0 Å². The fraction of sp³-hybridized carbons (Fsp3) is 0.312. The molecule has 0 bridgehead atoms. The minimum Gasteiger partial charge on any atom is -0.370 e. The summed E-state index contributed by atoms with van der Waals surface area (Å²) in [7, 11) is 0. The summed E-state index contributed by atoms with van der Waals surface area (Å²) in [6.45, 7) is 8.83. The highest BCUT2D eigenvalue weighted by Crippen LogP contribution is 2.44. The molecule has 0 amide bonds. The largest absolute Gasteiger partial charge is 0.370 e. The number of hydrogen-bond donors (Lipinski definition) is 1.